The lowest BCUT2D eigenvalue weighted by Crippen LogP contribution is -2.28. The number of amides is 1. The highest BCUT2D eigenvalue weighted by Gasteiger charge is 1.95. The summed E-state index contributed by atoms with van der Waals surface area (Å²) in [6.07, 6.45) is 2.06. The molecule has 0 unspecified atom stereocenters. The first-order chi connectivity index (χ1) is 7.20. The van der Waals surface area contributed by atoms with E-state index in [1.807, 2.05) is 6.07 Å². The van der Waals surface area contributed by atoms with Gasteiger partial charge in [-0.2, -0.15) is 0 Å². The van der Waals surface area contributed by atoms with Crippen molar-refractivity contribution in [1.29, 1.82) is 0 Å². The van der Waals surface area contributed by atoms with Gasteiger partial charge in [0.15, 0.2) is 0 Å². The van der Waals surface area contributed by atoms with Gasteiger partial charge in [-0.3, -0.25) is 9.59 Å². The molecule has 3 N–H and O–H groups in total. The van der Waals surface area contributed by atoms with Gasteiger partial charge in [-0.25, -0.2) is 0 Å². The maximum absolute atomic E-state index is 11.3. The maximum Gasteiger partial charge on any atom is 0.250 e. The van der Waals surface area contributed by atoms with E-state index in [2.05, 4.69) is 5.32 Å². The highest BCUT2D eigenvalue weighted by Crippen LogP contribution is 1.81. The molecule has 1 heterocycles. The van der Waals surface area contributed by atoms with Gasteiger partial charge in [-0.05, 0) is 6.07 Å². The van der Waals surface area contributed by atoms with Crippen molar-refractivity contribution >= 4 is 5.91 Å². The molecule has 1 aromatic rings. The molecule has 0 saturated heterocycles. The van der Waals surface area contributed by atoms with E-state index in [1.54, 1.807) is 16.8 Å². The van der Waals surface area contributed by atoms with Crippen LogP contribution in [-0.4, -0.2) is 23.6 Å². The van der Waals surface area contributed by atoms with E-state index in [-0.39, 0.29) is 11.5 Å². The monoisotopic (exact) mass is 209 g/mol. The fraction of sp³-hybridized carbons (Fsp3) is 0.400. The van der Waals surface area contributed by atoms with Crippen molar-refractivity contribution in [3.05, 3.63) is 34.7 Å². The third-order valence-corrected chi connectivity index (χ3v) is 1.98. The lowest BCUT2D eigenvalue weighted by molar-refractivity contribution is -0.117. The van der Waals surface area contributed by atoms with Crippen LogP contribution in [0.1, 0.15) is 6.42 Å². The highest BCUT2D eigenvalue weighted by molar-refractivity contribution is 5.73. The summed E-state index contributed by atoms with van der Waals surface area (Å²) in [5.74, 6) is -0.320. The fourth-order valence-corrected chi connectivity index (χ4v) is 1.18. The molecule has 0 atom stereocenters. The number of carbonyl (C=O) groups excluding carboxylic acids is 1. The highest BCUT2D eigenvalue weighted by atomic mass is 16.1. The predicted octanol–water partition coefficient (Wildman–Crippen LogP) is -0.687. The Morgan fingerprint density at radius 1 is 1.40 bits per heavy atom. The molecule has 0 aliphatic heterocycles. The van der Waals surface area contributed by atoms with Crippen LogP contribution in [0.3, 0.4) is 0 Å². The van der Waals surface area contributed by atoms with Gasteiger partial charge in [0, 0.05) is 38.3 Å². The summed E-state index contributed by atoms with van der Waals surface area (Å²) < 4.78 is 1.61. The number of carbonyl (C=O) groups is 1. The van der Waals surface area contributed by atoms with Crippen LogP contribution in [0.25, 0.3) is 0 Å². The van der Waals surface area contributed by atoms with Gasteiger partial charge in [0.2, 0.25) is 5.91 Å². The molecule has 0 fully saturated rings. The van der Waals surface area contributed by atoms with Crippen molar-refractivity contribution in [3.63, 3.8) is 0 Å². The van der Waals surface area contributed by atoms with E-state index >= 15 is 0 Å². The number of nitrogens with one attached hydrogen (secondary N) is 1. The van der Waals surface area contributed by atoms with Crippen LogP contribution >= 0.6 is 0 Å². The number of nitrogens with two attached hydrogens (primary N) is 1. The van der Waals surface area contributed by atoms with Gasteiger partial charge < -0.3 is 15.6 Å². The Morgan fingerprint density at radius 3 is 2.87 bits per heavy atom. The number of nitrogens with zero attached hydrogens (tertiary/aromatic N) is 1. The van der Waals surface area contributed by atoms with Crippen LogP contribution in [0.5, 0.6) is 0 Å². The van der Waals surface area contributed by atoms with E-state index < -0.39 is 0 Å². The molecule has 0 saturated carbocycles. The number of hydrogen-bond acceptors (Lipinski definition) is 3. The first kappa shape index (κ1) is 11.5. The first-order valence-corrected chi connectivity index (χ1v) is 4.84. The molecule has 1 amide bonds. The number of hydrogen-bond donors (Lipinski definition) is 2. The summed E-state index contributed by atoms with van der Waals surface area (Å²) in [5.41, 5.74) is 4.96. The molecule has 5 nitrogen and oxygen atoms in total. The zero-order valence-electron chi connectivity index (χ0n) is 8.48. The zero-order chi connectivity index (χ0) is 11.1. The third kappa shape index (κ3) is 4.42. The average Bonchev–Trinajstić information content (AvgIpc) is 2.20. The van der Waals surface area contributed by atoms with Crippen LogP contribution in [-0.2, 0) is 11.3 Å². The van der Waals surface area contributed by atoms with E-state index in [0.29, 0.717) is 26.1 Å². The Labute approximate surface area is 87.9 Å². The van der Waals surface area contributed by atoms with E-state index in [4.69, 9.17) is 5.73 Å². The van der Waals surface area contributed by atoms with Crippen LogP contribution in [0, 0.1) is 0 Å². The van der Waals surface area contributed by atoms with Crippen LogP contribution in [0.4, 0.5) is 0 Å². The van der Waals surface area contributed by atoms with Crippen molar-refractivity contribution in [2.24, 2.45) is 5.73 Å². The van der Waals surface area contributed by atoms with Gasteiger partial charge in [-0.1, -0.05) is 6.07 Å². The molecule has 5 heteroatoms. The molecule has 0 bridgehead atoms. The number of primary amides is 1. The minimum atomic E-state index is -0.320. The number of pyridine rings is 1. The molecule has 0 aliphatic carbocycles. The van der Waals surface area contributed by atoms with Crippen molar-refractivity contribution in [3.8, 4) is 0 Å². The largest absolute Gasteiger partial charge is 0.370 e. The predicted molar refractivity (Wildman–Crippen MR) is 57.4 cm³/mol. The second-order valence-electron chi connectivity index (χ2n) is 3.20. The topological polar surface area (TPSA) is 77.1 Å². The second kappa shape index (κ2) is 5.98. The Bertz CT molecular complexity index is 373. The quantitative estimate of drug-likeness (QED) is 0.609. The molecule has 82 valence electrons. The standard InChI is InChI=1S/C10H15N3O2/c11-9(14)4-5-12-6-8-13-7-2-1-3-10(13)15/h1-3,7,12H,4-6,8H2,(H2,11,14). The van der Waals surface area contributed by atoms with E-state index in [9.17, 15) is 9.59 Å². The molecule has 1 aromatic heterocycles. The first-order valence-electron chi connectivity index (χ1n) is 4.84. The van der Waals surface area contributed by atoms with Gasteiger partial charge in [0.1, 0.15) is 0 Å². The summed E-state index contributed by atoms with van der Waals surface area (Å²) >= 11 is 0. The molecule has 15 heavy (non-hydrogen) atoms. The fourth-order valence-electron chi connectivity index (χ4n) is 1.18. The Balaban J connectivity index is 2.24. The SMILES string of the molecule is NC(=O)CCNCCn1ccccc1=O. The Morgan fingerprint density at radius 2 is 2.20 bits per heavy atom. The summed E-state index contributed by atoms with van der Waals surface area (Å²) in [4.78, 5) is 21.7. The number of rotatable bonds is 6. The average molecular weight is 209 g/mol. The van der Waals surface area contributed by atoms with Crippen molar-refractivity contribution in [1.82, 2.24) is 9.88 Å². The second-order valence-corrected chi connectivity index (χ2v) is 3.20. The summed E-state index contributed by atoms with van der Waals surface area (Å²) in [7, 11) is 0. The normalized spacial score (nSPS) is 10.1. The molecule has 0 radical (unpaired) electrons. The number of aromatic nitrogens is 1. The molecule has 0 spiro atoms. The van der Waals surface area contributed by atoms with Gasteiger partial charge in [0.25, 0.3) is 5.56 Å². The molecule has 0 aromatic carbocycles. The van der Waals surface area contributed by atoms with E-state index in [0.717, 1.165) is 0 Å². The zero-order valence-corrected chi connectivity index (χ0v) is 8.48. The summed E-state index contributed by atoms with van der Waals surface area (Å²) in [6, 6.07) is 5.04. The van der Waals surface area contributed by atoms with Gasteiger partial charge in [-0.15, -0.1) is 0 Å². The van der Waals surface area contributed by atoms with Crippen LogP contribution in [0.15, 0.2) is 29.2 Å². The van der Waals surface area contributed by atoms with Crippen molar-refractivity contribution in [2.75, 3.05) is 13.1 Å². The summed E-state index contributed by atoms with van der Waals surface area (Å²) in [5, 5.41) is 3.03. The maximum atomic E-state index is 11.3. The summed E-state index contributed by atoms with van der Waals surface area (Å²) in [6.45, 7) is 1.80. The van der Waals surface area contributed by atoms with Crippen molar-refractivity contribution < 1.29 is 4.79 Å². The molecular weight excluding hydrogens is 194 g/mol. The molecule has 1 rings (SSSR count). The van der Waals surface area contributed by atoms with Gasteiger partial charge >= 0.3 is 0 Å². The molecular formula is C10H15N3O2. The molecule has 0 aliphatic rings. The van der Waals surface area contributed by atoms with Crippen LogP contribution < -0.4 is 16.6 Å². The lowest BCUT2D eigenvalue weighted by atomic mass is 10.4. The van der Waals surface area contributed by atoms with Crippen LogP contribution in [0.2, 0.25) is 0 Å². The lowest BCUT2D eigenvalue weighted by Gasteiger charge is -2.05. The van der Waals surface area contributed by atoms with E-state index in [1.165, 1.54) is 6.07 Å². The van der Waals surface area contributed by atoms with Crippen molar-refractivity contribution in [2.45, 2.75) is 13.0 Å². The minimum absolute atomic E-state index is 0.0193. The minimum Gasteiger partial charge on any atom is -0.370 e. The van der Waals surface area contributed by atoms with Gasteiger partial charge in [0.05, 0.1) is 0 Å². The smallest absolute Gasteiger partial charge is 0.250 e. The Kier molecular flexibility index (Phi) is 4.56. The third-order valence-electron chi connectivity index (χ3n) is 1.98. The Hall–Kier alpha value is -1.62.